The van der Waals surface area contributed by atoms with Gasteiger partial charge in [-0.25, -0.2) is 14.8 Å². The SMILES string of the molecule is CCOC(=O)c1c[nH]c2nc(C)c(OC)nc2c1=O. The van der Waals surface area contributed by atoms with Crippen LogP contribution < -0.4 is 10.2 Å². The van der Waals surface area contributed by atoms with Crippen molar-refractivity contribution in [2.24, 2.45) is 0 Å². The molecular weight excluding hydrogens is 250 g/mol. The smallest absolute Gasteiger partial charge is 0.343 e. The van der Waals surface area contributed by atoms with Gasteiger partial charge in [0.15, 0.2) is 11.2 Å². The first-order valence-electron chi connectivity index (χ1n) is 5.69. The highest BCUT2D eigenvalue weighted by atomic mass is 16.5. The topological polar surface area (TPSA) is 94.2 Å². The Morgan fingerprint density at radius 3 is 2.79 bits per heavy atom. The molecule has 0 radical (unpaired) electrons. The second-order valence-corrected chi connectivity index (χ2v) is 3.77. The number of nitrogens with zero attached hydrogens (tertiary/aromatic N) is 2. The summed E-state index contributed by atoms with van der Waals surface area (Å²) in [5.41, 5.74) is 0.270. The Balaban J connectivity index is 2.67. The van der Waals surface area contributed by atoms with Gasteiger partial charge in [-0.2, -0.15) is 0 Å². The monoisotopic (exact) mass is 263 g/mol. The number of aromatic amines is 1. The molecule has 19 heavy (non-hydrogen) atoms. The van der Waals surface area contributed by atoms with E-state index in [1.54, 1.807) is 13.8 Å². The van der Waals surface area contributed by atoms with Crippen molar-refractivity contribution in [1.82, 2.24) is 15.0 Å². The largest absolute Gasteiger partial charge is 0.480 e. The lowest BCUT2D eigenvalue weighted by Crippen LogP contribution is -2.19. The van der Waals surface area contributed by atoms with Crippen LogP contribution in [0.4, 0.5) is 0 Å². The summed E-state index contributed by atoms with van der Waals surface area (Å²) < 4.78 is 9.81. The Morgan fingerprint density at radius 2 is 2.16 bits per heavy atom. The molecule has 7 nitrogen and oxygen atoms in total. The Kier molecular flexibility index (Phi) is 3.46. The fraction of sp³-hybridized carbons (Fsp3) is 0.333. The minimum Gasteiger partial charge on any atom is -0.480 e. The molecule has 0 unspecified atom stereocenters. The maximum atomic E-state index is 12.1. The van der Waals surface area contributed by atoms with Gasteiger partial charge in [0.05, 0.1) is 13.7 Å². The van der Waals surface area contributed by atoms with E-state index in [2.05, 4.69) is 15.0 Å². The summed E-state index contributed by atoms with van der Waals surface area (Å²) in [6.07, 6.45) is 1.28. The second-order valence-electron chi connectivity index (χ2n) is 3.77. The van der Waals surface area contributed by atoms with E-state index in [0.717, 1.165) is 0 Å². The summed E-state index contributed by atoms with van der Waals surface area (Å²) in [6, 6.07) is 0. The maximum Gasteiger partial charge on any atom is 0.343 e. The molecule has 7 heteroatoms. The number of nitrogens with one attached hydrogen (secondary N) is 1. The van der Waals surface area contributed by atoms with Crippen LogP contribution in [0.5, 0.6) is 5.88 Å². The highest BCUT2D eigenvalue weighted by Crippen LogP contribution is 2.14. The standard InChI is InChI=1S/C12H13N3O4/c1-4-19-12(17)7-5-13-10-8(9(7)16)15-11(18-3)6(2)14-10/h5H,4H2,1-3H3,(H,13,14,16). The fourth-order valence-electron chi connectivity index (χ4n) is 1.65. The van der Waals surface area contributed by atoms with Crippen molar-refractivity contribution in [1.29, 1.82) is 0 Å². The molecule has 0 fully saturated rings. The highest BCUT2D eigenvalue weighted by Gasteiger charge is 2.16. The van der Waals surface area contributed by atoms with E-state index in [-0.39, 0.29) is 23.6 Å². The number of esters is 1. The third-order valence-corrected chi connectivity index (χ3v) is 2.53. The van der Waals surface area contributed by atoms with Crippen LogP contribution in [-0.2, 0) is 4.74 Å². The summed E-state index contributed by atoms with van der Waals surface area (Å²) in [7, 11) is 1.44. The van der Waals surface area contributed by atoms with Crippen LogP contribution in [0.25, 0.3) is 11.2 Å². The van der Waals surface area contributed by atoms with Crippen molar-refractivity contribution in [3.8, 4) is 5.88 Å². The number of H-pyrrole nitrogens is 1. The highest BCUT2D eigenvalue weighted by molar-refractivity contribution is 5.92. The molecule has 2 heterocycles. The zero-order valence-corrected chi connectivity index (χ0v) is 10.8. The van der Waals surface area contributed by atoms with Crippen LogP contribution in [0, 0.1) is 6.92 Å². The number of rotatable bonds is 3. The van der Waals surface area contributed by atoms with Crippen LogP contribution in [-0.4, -0.2) is 34.6 Å². The minimum atomic E-state index is -0.688. The molecular formula is C12H13N3O4. The zero-order chi connectivity index (χ0) is 14.0. The summed E-state index contributed by atoms with van der Waals surface area (Å²) in [4.78, 5) is 34.7. The average molecular weight is 263 g/mol. The quantitative estimate of drug-likeness (QED) is 0.823. The van der Waals surface area contributed by atoms with E-state index in [9.17, 15) is 9.59 Å². The zero-order valence-electron chi connectivity index (χ0n) is 10.8. The number of pyridine rings is 1. The average Bonchev–Trinajstić information content (AvgIpc) is 2.38. The summed E-state index contributed by atoms with van der Waals surface area (Å²) >= 11 is 0. The van der Waals surface area contributed by atoms with Gasteiger partial charge in [0.2, 0.25) is 11.3 Å². The van der Waals surface area contributed by atoms with Gasteiger partial charge in [-0.3, -0.25) is 4.79 Å². The number of hydrogen-bond acceptors (Lipinski definition) is 6. The molecule has 100 valence electrons. The molecule has 0 atom stereocenters. The van der Waals surface area contributed by atoms with Crippen molar-refractivity contribution < 1.29 is 14.3 Å². The lowest BCUT2D eigenvalue weighted by atomic mass is 10.2. The molecule has 2 aromatic heterocycles. The predicted molar refractivity (Wildman–Crippen MR) is 67.4 cm³/mol. The van der Waals surface area contributed by atoms with Gasteiger partial charge < -0.3 is 14.5 Å². The number of fused-ring (bicyclic) bond motifs is 1. The van der Waals surface area contributed by atoms with Crippen molar-refractivity contribution in [3.05, 3.63) is 27.7 Å². The molecule has 0 aliphatic heterocycles. The Morgan fingerprint density at radius 1 is 1.42 bits per heavy atom. The second kappa shape index (κ2) is 5.05. The molecule has 1 N–H and O–H groups in total. The lowest BCUT2D eigenvalue weighted by Gasteiger charge is -2.06. The van der Waals surface area contributed by atoms with E-state index >= 15 is 0 Å². The normalized spacial score (nSPS) is 10.5. The van der Waals surface area contributed by atoms with Gasteiger partial charge in [-0.1, -0.05) is 0 Å². The van der Waals surface area contributed by atoms with Crippen molar-refractivity contribution in [2.45, 2.75) is 13.8 Å². The fourth-order valence-corrected chi connectivity index (χ4v) is 1.65. The molecule has 0 aliphatic carbocycles. The van der Waals surface area contributed by atoms with E-state index < -0.39 is 11.4 Å². The van der Waals surface area contributed by atoms with Crippen LogP contribution >= 0.6 is 0 Å². The van der Waals surface area contributed by atoms with Crippen LogP contribution in [0.15, 0.2) is 11.0 Å². The summed E-state index contributed by atoms with van der Waals surface area (Å²) in [5.74, 6) is -0.439. The van der Waals surface area contributed by atoms with Crippen LogP contribution in [0.2, 0.25) is 0 Å². The molecule has 0 saturated heterocycles. The summed E-state index contributed by atoms with van der Waals surface area (Å²) in [6.45, 7) is 3.57. The van der Waals surface area contributed by atoms with E-state index in [1.807, 2.05) is 0 Å². The van der Waals surface area contributed by atoms with E-state index in [0.29, 0.717) is 11.3 Å². The lowest BCUT2D eigenvalue weighted by molar-refractivity contribution is 0.0524. The number of aromatic nitrogens is 3. The maximum absolute atomic E-state index is 12.1. The number of aryl methyl sites for hydroxylation is 1. The molecule has 0 saturated carbocycles. The van der Waals surface area contributed by atoms with Crippen molar-refractivity contribution in [3.63, 3.8) is 0 Å². The van der Waals surface area contributed by atoms with Gasteiger partial charge in [0.25, 0.3) is 0 Å². The molecule has 0 bridgehead atoms. The van der Waals surface area contributed by atoms with Gasteiger partial charge in [0.1, 0.15) is 11.3 Å². The molecule has 0 spiro atoms. The van der Waals surface area contributed by atoms with Gasteiger partial charge in [0, 0.05) is 6.20 Å². The molecule has 2 aromatic rings. The number of carbonyl (C=O) groups is 1. The predicted octanol–water partition coefficient (Wildman–Crippen LogP) is 0.812. The van der Waals surface area contributed by atoms with Gasteiger partial charge >= 0.3 is 5.97 Å². The van der Waals surface area contributed by atoms with Crippen LogP contribution in [0.3, 0.4) is 0 Å². The van der Waals surface area contributed by atoms with E-state index in [4.69, 9.17) is 9.47 Å². The third kappa shape index (κ3) is 2.26. The van der Waals surface area contributed by atoms with Crippen LogP contribution in [0.1, 0.15) is 23.0 Å². The van der Waals surface area contributed by atoms with E-state index in [1.165, 1.54) is 13.3 Å². The first-order chi connectivity index (χ1) is 9.08. The Labute approximate surface area is 108 Å². The Hall–Kier alpha value is -2.44. The van der Waals surface area contributed by atoms with Gasteiger partial charge in [-0.05, 0) is 13.8 Å². The molecule has 0 amide bonds. The first-order valence-corrected chi connectivity index (χ1v) is 5.69. The number of ether oxygens (including phenoxy) is 2. The molecule has 2 rings (SSSR count). The van der Waals surface area contributed by atoms with Crippen molar-refractivity contribution >= 4 is 17.1 Å². The number of methoxy groups -OCH3 is 1. The van der Waals surface area contributed by atoms with Gasteiger partial charge in [-0.15, -0.1) is 0 Å². The third-order valence-electron chi connectivity index (χ3n) is 2.53. The number of carbonyl (C=O) groups excluding carboxylic acids is 1. The first kappa shape index (κ1) is 13.0. The number of hydrogen-bond donors (Lipinski definition) is 1. The molecule has 0 aliphatic rings. The summed E-state index contributed by atoms with van der Waals surface area (Å²) in [5, 5.41) is 0. The van der Waals surface area contributed by atoms with Crippen molar-refractivity contribution in [2.75, 3.05) is 13.7 Å². The Bertz CT molecular complexity index is 693. The minimum absolute atomic E-state index is 0.0491. The molecule has 0 aromatic carbocycles.